The molecule has 4 aliphatic rings. The highest BCUT2D eigenvalue weighted by molar-refractivity contribution is 5.82. The standard InChI is InChI=1S/C13H15N5O5.C13H17N5O4/c1-13(2)22-6-7(23-13)11(21-8(6)12(19)20)18-4-17-5-9(14)15-3-16-10(5)18;1-13(2)21-8-6(3-19)20-12(9(8)22-13)18-5-17-7-10(14)15-4-16-11(7)18/h3-4,6-8,11H,1-2H3,(H,19,20)(H2,14,15,16);4-6,8-9,12,19H,3H2,1-2H3,(H2,14,15,16)/t6-,7+,8-,11+;6-,8-,9-,12-/m01/s1. The van der Waals surface area contributed by atoms with Gasteiger partial charge in [-0.25, -0.2) is 34.7 Å². The third-order valence-corrected chi connectivity index (χ3v) is 7.90. The highest BCUT2D eigenvalue weighted by Gasteiger charge is 2.59. The van der Waals surface area contributed by atoms with Gasteiger partial charge >= 0.3 is 5.97 Å². The number of rotatable bonds is 4. The molecule has 240 valence electrons. The maximum Gasteiger partial charge on any atom is 0.335 e. The molecule has 0 aromatic carbocycles. The molecule has 19 nitrogen and oxygen atoms in total. The molecule has 0 aliphatic carbocycles. The lowest BCUT2D eigenvalue weighted by Gasteiger charge is -2.24. The van der Waals surface area contributed by atoms with Crippen LogP contribution in [0.15, 0.2) is 25.3 Å². The van der Waals surface area contributed by atoms with Crippen LogP contribution in [0.5, 0.6) is 0 Å². The Morgan fingerprint density at radius 2 is 1.22 bits per heavy atom. The van der Waals surface area contributed by atoms with Crippen molar-refractivity contribution in [1.82, 2.24) is 39.0 Å². The van der Waals surface area contributed by atoms with Crippen LogP contribution in [0.4, 0.5) is 11.6 Å². The minimum atomic E-state index is -1.14. The summed E-state index contributed by atoms with van der Waals surface area (Å²) in [4.78, 5) is 36.0. The van der Waals surface area contributed by atoms with Gasteiger partial charge in [0.05, 0.1) is 19.3 Å². The number of carbonyl (C=O) groups is 1. The normalized spacial score (nSPS) is 32.8. The van der Waals surface area contributed by atoms with E-state index >= 15 is 0 Å². The van der Waals surface area contributed by atoms with Crippen LogP contribution in [-0.4, -0.2) is 110 Å². The van der Waals surface area contributed by atoms with Crippen LogP contribution in [0.2, 0.25) is 0 Å². The van der Waals surface area contributed by atoms with E-state index in [9.17, 15) is 15.0 Å². The van der Waals surface area contributed by atoms with E-state index in [2.05, 4.69) is 29.9 Å². The summed E-state index contributed by atoms with van der Waals surface area (Å²) in [5.74, 6) is -2.18. The Hall–Kier alpha value is -4.11. The van der Waals surface area contributed by atoms with E-state index in [1.54, 1.807) is 29.3 Å². The van der Waals surface area contributed by atoms with Crippen LogP contribution in [0.25, 0.3) is 22.3 Å². The number of carboxylic acids is 1. The van der Waals surface area contributed by atoms with Crippen LogP contribution in [0, 0.1) is 0 Å². The van der Waals surface area contributed by atoms with Crippen molar-refractivity contribution in [3.05, 3.63) is 25.3 Å². The summed E-state index contributed by atoms with van der Waals surface area (Å²) in [7, 11) is 0. The van der Waals surface area contributed by atoms with Gasteiger partial charge in [-0.1, -0.05) is 0 Å². The molecule has 8 heterocycles. The van der Waals surface area contributed by atoms with Gasteiger partial charge in [0.25, 0.3) is 0 Å². The van der Waals surface area contributed by atoms with Crippen molar-refractivity contribution in [1.29, 1.82) is 0 Å². The molecular formula is C26H32N10O9. The molecule has 6 N–H and O–H groups in total. The summed E-state index contributed by atoms with van der Waals surface area (Å²) in [5, 5.41) is 18.9. The Bertz CT molecular complexity index is 1760. The van der Waals surface area contributed by atoms with Gasteiger partial charge in [0.2, 0.25) is 0 Å². The highest BCUT2D eigenvalue weighted by Crippen LogP contribution is 2.45. The Balaban J connectivity index is 0.000000145. The number of aromatic nitrogens is 8. The number of anilines is 2. The van der Waals surface area contributed by atoms with E-state index < -0.39 is 54.4 Å². The van der Waals surface area contributed by atoms with Crippen molar-refractivity contribution in [2.45, 2.75) is 88.3 Å². The van der Waals surface area contributed by atoms with Gasteiger partial charge in [0.15, 0.2) is 53.1 Å². The molecule has 4 fully saturated rings. The van der Waals surface area contributed by atoms with Gasteiger partial charge in [-0.15, -0.1) is 0 Å². The third-order valence-electron chi connectivity index (χ3n) is 7.90. The van der Waals surface area contributed by atoms with Crippen molar-refractivity contribution in [3.63, 3.8) is 0 Å². The first-order valence-corrected chi connectivity index (χ1v) is 14.1. The average molecular weight is 629 g/mol. The first-order valence-electron chi connectivity index (χ1n) is 14.1. The molecule has 0 spiro atoms. The molecule has 0 amide bonds. The number of imidazole rings is 2. The number of aliphatic hydroxyl groups is 1. The number of hydrogen-bond donors (Lipinski definition) is 4. The molecule has 0 saturated carbocycles. The predicted octanol–water partition coefficient (Wildman–Crippen LogP) is -0.271. The number of ether oxygens (including phenoxy) is 6. The Kier molecular flexibility index (Phi) is 6.89. The lowest BCUT2D eigenvalue weighted by Crippen LogP contribution is -2.35. The SMILES string of the molecule is CC1(C)O[C@@H]2[C@H](O1)[C@@H](C(=O)O)O[C@H]2n1cnc2c(N)ncnc21.CC1(C)O[C@@H]2[C@H](O1)[C@@H](CO)O[C@H]2n1cnc2c(N)ncnc21. The summed E-state index contributed by atoms with van der Waals surface area (Å²) in [6.07, 6.45) is 0.907. The van der Waals surface area contributed by atoms with Gasteiger partial charge in [-0.2, -0.15) is 0 Å². The predicted molar refractivity (Wildman–Crippen MR) is 150 cm³/mol. The van der Waals surface area contributed by atoms with Crippen LogP contribution >= 0.6 is 0 Å². The van der Waals surface area contributed by atoms with Crippen LogP contribution in [-0.2, 0) is 33.2 Å². The molecule has 0 bridgehead atoms. The molecule has 8 rings (SSSR count). The second-order valence-electron chi connectivity index (χ2n) is 11.8. The molecule has 19 heteroatoms. The molecule has 45 heavy (non-hydrogen) atoms. The zero-order chi connectivity index (χ0) is 31.8. The summed E-state index contributed by atoms with van der Waals surface area (Å²) >= 11 is 0. The minimum Gasteiger partial charge on any atom is -0.479 e. The Morgan fingerprint density at radius 3 is 1.73 bits per heavy atom. The zero-order valence-electron chi connectivity index (χ0n) is 24.6. The number of nitrogens with two attached hydrogens (primary N) is 2. The Labute approximate surface area is 254 Å². The van der Waals surface area contributed by atoms with Crippen LogP contribution < -0.4 is 11.5 Å². The summed E-state index contributed by atoms with van der Waals surface area (Å²) in [6, 6.07) is 0. The maximum atomic E-state index is 11.5. The van der Waals surface area contributed by atoms with Crippen molar-refractivity contribution >= 4 is 39.9 Å². The van der Waals surface area contributed by atoms with Gasteiger partial charge in [0, 0.05) is 0 Å². The first kappa shape index (κ1) is 29.6. The average Bonchev–Trinajstić information content (AvgIpc) is 3.80. The molecule has 4 aliphatic heterocycles. The van der Waals surface area contributed by atoms with E-state index in [1.165, 1.54) is 19.0 Å². The highest BCUT2D eigenvalue weighted by atomic mass is 16.8. The minimum absolute atomic E-state index is 0.152. The number of aliphatic hydroxyl groups excluding tert-OH is 1. The van der Waals surface area contributed by atoms with Gasteiger partial charge in [-0.3, -0.25) is 9.13 Å². The fourth-order valence-electron chi connectivity index (χ4n) is 6.14. The van der Waals surface area contributed by atoms with Gasteiger partial charge in [-0.05, 0) is 27.7 Å². The quantitative estimate of drug-likeness (QED) is 0.227. The van der Waals surface area contributed by atoms with Crippen molar-refractivity contribution in [3.8, 4) is 0 Å². The van der Waals surface area contributed by atoms with Crippen molar-refractivity contribution in [2.24, 2.45) is 0 Å². The van der Waals surface area contributed by atoms with E-state index in [1.807, 2.05) is 13.8 Å². The number of nitrogens with zero attached hydrogens (tertiary/aromatic N) is 8. The largest absolute Gasteiger partial charge is 0.479 e. The molecule has 4 saturated heterocycles. The first-order chi connectivity index (χ1) is 21.4. The number of carboxylic acid groups (broad SMARTS) is 1. The van der Waals surface area contributed by atoms with Crippen molar-refractivity contribution < 1.29 is 43.4 Å². The van der Waals surface area contributed by atoms with E-state index in [-0.39, 0.29) is 24.6 Å². The molecule has 0 radical (unpaired) electrons. The lowest BCUT2D eigenvalue weighted by molar-refractivity contribution is -0.202. The van der Waals surface area contributed by atoms with Gasteiger partial charge < -0.3 is 50.1 Å². The monoisotopic (exact) mass is 628 g/mol. The lowest BCUT2D eigenvalue weighted by atomic mass is 10.1. The summed E-state index contributed by atoms with van der Waals surface area (Å²) < 4.78 is 38.2. The zero-order valence-corrected chi connectivity index (χ0v) is 24.6. The van der Waals surface area contributed by atoms with E-state index in [0.29, 0.717) is 28.1 Å². The van der Waals surface area contributed by atoms with Crippen LogP contribution in [0.3, 0.4) is 0 Å². The van der Waals surface area contributed by atoms with Gasteiger partial charge in [0.1, 0.15) is 54.2 Å². The molecule has 4 aromatic rings. The fourth-order valence-corrected chi connectivity index (χ4v) is 6.14. The Morgan fingerprint density at radius 1 is 0.756 bits per heavy atom. The van der Waals surface area contributed by atoms with Crippen molar-refractivity contribution in [2.75, 3.05) is 18.1 Å². The third kappa shape index (κ3) is 4.92. The second-order valence-corrected chi connectivity index (χ2v) is 11.8. The second kappa shape index (κ2) is 10.5. The maximum absolute atomic E-state index is 11.5. The fraction of sp³-hybridized carbons (Fsp3) is 0.577. The van der Waals surface area contributed by atoms with E-state index in [0.717, 1.165) is 0 Å². The number of aliphatic carboxylic acids is 1. The molecule has 8 atom stereocenters. The molecule has 0 unspecified atom stereocenters. The summed E-state index contributed by atoms with van der Waals surface area (Å²) in [5.41, 5.74) is 13.5. The van der Waals surface area contributed by atoms with E-state index in [4.69, 9.17) is 39.9 Å². The number of hydrogen-bond acceptors (Lipinski definition) is 16. The molecule has 4 aromatic heterocycles. The number of nitrogen functional groups attached to an aromatic ring is 2. The van der Waals surface area contributed by atoms with Crippen LogP contribution in [0.1, 0.15) is 40.2 Å². The summed E-state index contributed by atoms with van der Waals surface area (Å²) in [6.45, 7) is 6.98. The smallest absolute Gasteiger partial charge is 0.335 e. The molecular weight excluding hydrogens is 596 g/mol. The topological polar surface area (TPSA) is 252 Å². The number of fused-ring (bicyclic) bond motifs is 4.